The number of hydrogen-bond acceptors (Lipinski definition) is 7. The van der Waals surface area contributed by atoms with Gasteiger partial charge in [-0.1, -0.05) is 11.1 Å². The van der Waals surface area contributed by atoms with E-state index in [0.29, 0.717) is 11.1 Å². The lowest BCUT2D eigenvalue weighted by molar-refractivity contribution is -0.189. The van der Waals surface area contributed by atoms with Crippen LogP contribution in [0.4, 0.5) is 0 Å². The quantitative estimate of drug-likeness (QED) is 0.269. The van der Waals surface area contributed by atoms with Crippen molar-refractivity contribution in [2.24, 2.45) is 0 Å². The Balaban J connectivity index is 5.09. The predicted octanol–water partition coefficient (Wildman–Crippen LogP) is -0.565. The summed E-state index contributed by atoms with van der Waals surface area (Å²) in [6.45, 7) is 8.04. The highest BCUT2D eigenvalue weighted by molar-refractivity contribution is 5.94. The lowest BCUT2D eigenvalue weighted by Gasteiger charge is -2.27. The number of aliphatic hydroxyl groups is 4. The van der Waals surface area contributed by atoms with Crippen LogP contribution in [0.2, 0.25) is 0 Å². The van der Waals surface area contributed by atoms with Gasteiger partial charge in [0.1, 0.15) is 0 Å². The summed E-state index contributed by atoms with van der Waals surface area (Å²) in [7, 11) is 0. The van der Waals surface area contributed by atoms with Crippen molar-refractivity contribution >= 4 is 11.9 Å². The third kappa shape index (κ3) is 5.39. The van der Waals surface area contributed by atoms with Gasteiger partial charge in [0, 0.05) is 12.8 Å². The summed E-state index contributed by atoms with van der Waals surface area (Å²) in [6, 6.07) is 0. The topological polar surface area (TPSA) is 124 Å². The first-order valence-corrected chi connectivity index (χ1v) is 6.22. The van der Waals surface area contributed by atoms with Gasteiger partial charge in [-0.2, -0.15) is 0 Å². The van der Waals surface area contributed by atoms with Crippen LogP contribution < -0.4 is 0 Å². The Hall–Kier alpha value is -1.54. The minimum atomic E-state index is -2.33. The third-order valence-electron chi connectivity index (χ3n) is 2.66. The van der Waals surface area contributed by atoms with E-state index in [4.69, 9.17) is 10.2 Å². The lowest BCUT2D eigenvalue weighted by atomic mass is 9.95. The molecule has 0 heterocycles. The van der Waals surface area contributed by atoms with Crippen LogP contribution >= 0.6 is 0 Å². The maximum atomic E-state index is 11.8. The fraction of sp³-hybridized carbons (Fsp3) is 0.571. The molecule has 120 valence electrons. The van der Waals surface area contributed by atoms with Crippen molar-refractivity contribution in [1.29, 1.82) is 0 Å². The highest BCUT2D eigenvalue weighted by atomic mass is 16.6. The molecule has 0 rings (SSSR count). The van der Waals surface area contributed by atoms with Crippen molar-refractivity contribution < 1.29 is 34.8 Å². The molecule has 0 aromatic rings. The molecule has 2 atom stereocenters. The summed E-state index contributed by atoms with van der Waals surface area (Å²) >= 11 is 0. The van der Waals surface area contributed by atoms with Crippen molar-refractivity contribution in [2.75, 3.05) is 13.2 Å². The van der Waals surface area contributed by atoms with Crippen molar-refractivity contribution in [1.82, 2.24) is 0 Å². The molecule has 0 saturated heterocycles. The Bertz CT molecular complexity index is 403. The number of hydrogen-bond donors (Lipinski definition) is 4. The number of ether oxygens (including phenoxy) is 1. The van der Waals surface area contributed by atoms with Crippen molar-refractivity contribution in [3.05, 3.63) is 24.3 Å². The summed E-state index contributed by atoms with van der Waals surface area (Å²) in [5, 5.41) is 38.0. The Morgan fingerprint density at radius 1 is 0.905 bits per heavy atom. The van der Waals surface area contributed by atoms with Crippen LogP contribution in [0, 0.1) is 0 Å². The number of rotatable bonds is 8. The molecule has 21 heavy (non-hydrogen) atoms. The first kappa shape index (κ1) is 19.5. The van der Waals surface area contributed by atoms with Crippen LogP contribution in [0.15, 0.2) is 24.3 Å². The van der Waals surface area contributed by atoms with Crippen LogP contribution in [0.25, 0.3) is 0 Å². The SMILES string of the molecule is C=C(C)CC(O)(CO)C(=O)OC(=O)C(O)(CO)CC(=C)C. The average Bonchev–Trinajstić information content (AvgIpc) is 2.36. The monoisotopic (exact) mass is 302 g/mol. The molecule has 4 N–H and O–H groups in total. The van der Waals surface area contributed by atoms with E-state index in [-0.39, 0.29) is 12.8 Å². The van der Waals surface area contributed by atoms with E-state index in [1.54, 1.807) is 0 Å². The van der Waals surface area contributed by atoms with E-state index in [9.17, 15) is 19.8 Å². The van der Waals surface area contributed by atoms with Crippen molar-refractivity contribution in [3.63, 3.8) is 0 Å². The largest absolute Gasteiger partial charge is 0.393 e. The minimum Gasteiger partial charge on any atom is -0.393 e. The Morgan fingerprint density at radius 3 is 1.38 bits per heavy atom. The summed E-state index contributed by atoms with van der Waals surface area (Å²) in [6.07, 6.45) is -0.624. The van der Waals surface area contributed by atoms with Crippen LogP contribution in [-0.4, -0.2) is 56.8 Å². The highest BCUT2D eigenvalue weighted by Gasteiger charge is 2.44. The first-order chi connectivity index (χ1) is 9.50. The molecule has 0 aliphatic heterocycles. The Morgan fingerprint density at radius 2 is 1.19 bits per heavy atom. The van der Waals surface area contributed by atoms with Gasteiger partial charge in [-0.3, -0.25) is 0 Å². The summed E-state index contributed by atoms with van der Waals surface area (Å²) in [5.41, 5.74) is -3.90. The van der Waals surface area contributed by atoms with E-state index in [1.165, 1.54) is 13.8 Å². The highest BCUT2D eigenvalue weighted by Crippen LogP contribution is 2.21. The normalized spacial score (nSPS) is 16.5. The summed E-state index contributed by atoms with van der Waals surface area (Å²) in [5.74, 6) is -2.85. The first-order valence-electron chi connectivity index (χ1n) is 6.22. The molecule has 0 bridgehead atoms. The van der Waals surface area contributed by atoms with Gasteiger partial charge in [-0.05, 0) is 13.8 Å². The fourth-order valence-corrected chi connectivity index (χ4v) is 1.66. The Labute approximate surface area is 123 Å². The smallest absolute Gasteiger partial charge is 0.348 e. The molecule has 0 fully saturated rings. The molecule has 0 aromatic heterocycles. The average molecular weight is 302 g/mol. The van der Waals surface area contributed by atoms with Crippen LogP contribution in [0.1, 0.15) is 26.7 Å². The van der Waals surface area contributed by atoms with Gasteiger partial charge < -0.3 is 25.2 Å². The lowest BCUT2D eigenvalue weighted by Crippen LogP contribution is -2.50. The van der Waals surface area contributed by atoms with Gasteiger partial charge in [0.2, 0.25) is 0 Å². The summed E-state index contributed by atoms with van der Waals surface area (Å²) in [4.78, 5) is 23.6. The molecule has 0 amide bonds. The minimum absolute atomic E-state index is 0.312. The molecule has 0 aliphatic carbocycles. The van der Waals surface area contributed by atoms with Gasteiger partial charge in [-0.15, -0.1) is 13.2 Å². The van der Waals surface area contributed by atoms with E-state index >= 15 is 0 Å². The number of aliphatic hydroxyl groups excluding tert-OH is 2. The maximum absolute atomic E-state index is 11.8. The fourth-order valence-electron chi connectivity index (χ4n) is 1.66. The molecule has 0 spiro atoms. The van der Waals surface area contributed by atoms with E-state index in [0.717, 1.165) is 0 Å². The molecular weight excluding hydrogens is 280 g/mol. The van der Waals surface area contributed by atoms with Gasteiger partial charge in [0.15, 0.2) is 11.2 Å². The van der Waals surface area contributed by atoms with Crippen molar-refractivity contribution in [3.8, 4) is 0 Å². The van der Waals surface area contributed by atoms with E-state index < -0.39 is 36.4 Å². The number of esters is 2. The third-order valence-corrected chi connectivity index (χ3v) is 2.66. The number of carbonyl (C=O) groups is 2. The molecule has 7 heteroatoms. The van der Waals surface area contributed by atoms with Crippen LogP contribution in [0.3, 0.4) is 0 Å². The zero-order valence-corrected chi connectivity index (χ0v) is 12.3. The number of carbonyl (C=O) groups excluding carboxylic acids is 2. The van der Waals surface area contributed by atoms with E-state index in [1.807, 2.05) is 0 Å². The second kappa shape index (κ2) is 7.46. The van der Waals surface area contributed by atoms with Crippen LogP contribution in [0.5, 0.6) is 0 Å². The molecular formula is C14H22O7. The van der Waals surface area contributed by atoms with Gasteiger partial charge >= 0.3 is 11.9 Å². The van der Waals surface area contributed by atoms with Gasteiger partial charge in [0.25, 0.3) is 0 Å². The molecule has 7 nitrogen and oxygen atoms in total. The zero-order valence-electron chi connectivity index (χ0n) is 12.3. The second-order valence-corrected chi connectivity index (χ2v) is 5.32. The van der Waals surface area contributed by atoms with Crippen molar-refractivity contribution in [2.45, 2.75) is 37.9 Å². The zero-order chi connectivity index (χ0) is 16.8. The maximum Gasteiger partial charge on any atom is 0.348 e. The molecule has 0 aliphatic rings. The predicted molar refractivity (Wildman–Crippen MR) is 74.0 cm³/mol. The standard InChI is InChI=1S/C14H22O7/c1-9(2)5-13(19,7-15)11(17)21-12(18)14(20,8-16)6-10(3)4/h15-16,19-20H,1,3,5-8H2,2,4H3. The molecule has 2 unspecified atom stereocenters. The summed E-state index contributed by atoms with van der Waals surface area (Å²) < 4.78 is 4.38. The second-order valence-electron chi connectivity index (χ2n) is 5.32. The van der Waals surface area contributed by atoms with Crippen LogP contribution in [-0.2, 0) is 14.3 Å². The Kier molecular flexibility index (Phi) is 6.92. The molecule has 0 aromatic carbocycles. The van der Waals surface area contributed by atoms with Gasteiger partial charge in [-0.25, -0.2) is 9.59 Å². The van der Waals surface area contributed by atoms with Gasteiger partial charge in [0.05, 0.1) is 13.2 Å². The van der Waals surface area contributed by atoms with E-state index in [2.05, 4.69) is 17.9 Å². The molecule has 0 radical (unpaired) electrons. The molecule has 0 saturated carbocycles.